The number of anilines is 2. The van der Waals surface area contributed by atoms with Crippen LogP contribution in [-0.4, -0.2) is 38.1 Å². The maximum absolute atomic E-state index is 12.0. The van der Waals surface area contributed by atoms with Gasteiger partial charge in [0.15, 0.2) is 0 Å². The van der Waals surface area contributed by atoms with Crippen LogP contribution < -0.4 is 15.8 Å². The average molecular weight is 503 g/mol. The van der Waals surface area contributed by atoms with E-state index in [2.05, 4.69) is 32.1 Å². The Hall–Kier alpha value is -4.01. The molecule has 0 saturated heterocycles. The highest BCUT2D eigenvalue weighted by Crippen LogP contribution is 2.45. The molecule has 1 saturated carbocycles. The van der Waals surface area contributed by atoms with Crippen LogP contribution in [0.1, 0.15) is 52.0 Å². The number of aromatic nitrogens is 4. The van der Waals surface area contributed by atoms with Crippen LogP contribution >= 0.6 is 0 Å². The highest BCUT2D eigenvalue weighted by atomic mass is 16.6. The molecule has 0 spiro atoms. The van der Waals surface area contributed by atoms with Crippen LogP contribution in [0.15, 0.2) is 55.1 Å². The monoisotopic (exact) mass is 502 g/mol. The van der Waals surface area contributed by atoms with E-state index in [1.807, 2.05) is 48.9 Å². The van der Waals surface area contributed by atoms with E-state index in [0.29, 0.717) is 18.3 Å². The number of rotatable bonds is 10. The van der Waals surface area contributed by atoms with Crippen molar-refractivity contribution in [2.24, 2.45) is 0 Å². The number of carbonyl (C=O) groups is 1. The molecule has 4 aromatic rings. The zero-order chi connectivity index (χ0) is 25.8. The van der Waals surface area contributed by atoms with Crippen molar-refractivity contribution in [1.82, 2.24) is 19.3 Å². The average Bonchev–Trinajstić information content (AvgIpc) is 3.45. The maximum Gasteiger partial charge on any atom is 0.411 e. The Morgan fingerprint density at radius 1 is 1.16 bits per heavy atom. The van der Waals surface area contributed by atoms with Gasteiger partial charge in [-0.05, 0) is 70.2 Å². The number of fused-ring (bicyclic) bond motifs is 1. The summed E-state index contributed by atoms with van der Waals surface area (Å²) in [6.45, 7) is 5.12. The van der Waals surface area contributed by atoms with Crippen molar-refractivity contribution in [2.75, 3.05) is 17.7 Å². The first-order valence-electron chi connectivity index (χ1n) is 13.0. The topological polar surface area (TPSA) is 109 Å². The third-order valence-corrected chi connectivity index (χ3v) is 6.72. The van der Waals surface area contributed by atoms with E-state index >= 15 is 0 Å². The SMILES string of the molecule is CC(C)OC(=O)Nc1ccc(-c2c(N)c3ccc(OCCCCn4cncn4)cc3n2C2CCC2)cc1. The number of hydrogen-bond acceptors (Lipinski definition) is 6. The lowest BCUT2D eigenvalue weighted by molar-refractivity contribution is 0.130. The minimum Gasteiger partial charge on any atom is -0.494 e. The molecule has 3 N–H and O–H groups in total. The Morgan fingerprint density at radius 3 is 2.65 bits per heavy atom. The lowest BCUT2D eigenvalue weighted by atomic mass is 9.92. The Labute approximate surface area is 216 Å². The smallest absolute Gasteiger partial charge is 0.411 e. The van der Waals surface area contributed by atoms with Crippen LogP contribution in [0.25, 0.3) is 22.2 Å². The molecule has 5 rings (SSSR count). The Kier molecular flexibility index (Phi) is 7.30. The summed E-state index contributed by atoms with van der Waals surface area (Å²) in [5.41, 5.74) is 11.3. The van der Waals surface area contributed by atoms with E-state index in [1.54, 1.807) is 12.7 Å². The first kappa shape index (κ1) is 24.7. The van der Waals surface area contributed by atoms with E-state index in [9.17, 15) is 4.79 Å². The van der Waals surface area contributed by atoms with E-state index in [4.69, 9.17) is 15.2 Å². The Balaban J connectivity index is 1.35. The predicted molar refractivity (Wildman–Crippen MR) is 145 cm³/mol. The number of nitrogens with two attached hydrogens (primary N) is 1. The Bertz CT molecular complexity index is 1340. The molecule has 0 aliphatic heterocycles. The molecule has 1 aliphatic carbocycles. The molecule has 37 heavy (non-hydrogen) atoms. The number of nitrogen functional groups attached to an aromatic ring is 1. The molecule has 1 fully saturated rings. The van der Waals surface area contributed by atoms with E-state index in [1.165, 1.54) is 6.42 Å². The lowest BCUT2D eigenvalue weighted by Crippen LogP contribution is -2.18. The Morgan fingerprint density at radius 2 is 1.97 bits per heavy atom. The zero-order valence-corrected chi connectivity index (χ0v) is 21.4. The lowest BCUT2D eigenvalue weighted by Gasteiger charge is -2.30. The van der Waals surface area contributed by atoms with Gasteiger partial charge in [0.2, 0.25) is 0 Å². The number of nitrogens with one attached hydrogen (secondary N) is 1. The first-order valence-corrected chi connectivity index (χ1v) is 13.0. The molecule has 2 aromatic heterocycles. The van der Waals surface area contributed by atoms with E-state index < -0.39 is 6.09 Å². The number of unbranched alkanes of at least 4 members (excludes halogenated alkanes) is 1. The van der Waals surface area contributed by atoms with Gasteiger partial charge in [-0.3, -0.25) is 10.00 Å². The highest BCUT2D eigenvalue weighted by Gasteiger charge is 2.27. The van der Waals surface area contributed by atoms with Gasteiger partial charge in [0.1, 0.15) is 18.4 Å². The largest absolute Gasteiger partial charge is 0.494 e. The predicted octanol–water partition coefficient (Wildman–Crippen LogP) is 6.02. The van der Waals surface area contributed by atoms with Crippen molar-refractivity contribution in [3.63, 3.8) is 0 Å². The van der Waals surface area contributed by atoms with Crippen LogP contribution in [-0.2, 0) is 11.3 Å². The van der Waals surface area contributed by atoms with Crippen molar-refractivity contribution >= 4 is 28.4 Å². The minimum atomic E-state index is -0.461. The fourth-order valence-electron chi connectivity index (χ4n) is 4.71. The molecular weight excluding hydrogens is 468 g/mol. The van der Waals surface area contributed by atoms with Gasteiger partial charge < -0.3 is 19.8 Å². The number of nitrogens with zero attached hydrogens (tertiary/aromatic N) is 4. The van der Waals surface area contributed by atoms with Crippen LogP contribution in [0.3, 0.4) is 0 Å². The van der Waals surface area contributed by atoms with Gasteiger partial charge >= 0.3 is 6.09 Å². The van der Waals surface area contributed by atoms with Gasteiger partial charge in [-0.25, -0.2) is 9.78 Å². The quantitative estimate of drug-likeness (QED) is 0.257. The third kappa shape index (κ3) is 5.55. The van der Waals surface area contributed by atoms with Gasteiger partial charge in [0.05, 0.1) is 29.6 Å². The van der Waals surface area contributed by atoms with Gasteiger partial charge in [0.25, 0.3) is 0 Å². The van der Waals surface area contributed by atoms with Crippen molar-refractivity contribution in [1.29, 1.82) is 0 Å². The second-order valence-corrected chi connectivity index (χ2v) is 9.77. The summed E-state index contributed by atoms with van der Waals surface area (Å²) in [7, 11) is 0. The van der Waals surface area contributed by atoms with Gasteiger partial charge in [0, 0.05) is 35.3 Å². The van der Waals surface area contributed by atoms with Crippen LogP contribution in [0.4, 0.5) is 16.2 Å². The summed E-state index contributed by atoms with van der Waals surface area (Å²) in [5.74, 6) is 0.848. The second kappa shape index (κ2) is 10.9. The van der Waals surface area contributed by atoms with Gasteiger partial charge in [-0.1, -0.05) is 12.1 Å². The van der Waals surface area contributed by atoms with Crippen LogP contribution in [0, 0.1) is 0 Å². The van der Waals surface area contributed by atoms with Crippen molar-refractivity contribution in [2.45, 2.75) is 64.6 Å². The fourth-order valence-corrected chi connectivity index (χ4v) is 4.71. The zero-order valence-electron chi connectivity index (χ0n) is 21.4. The molecule has 9 heteroatoms. The number of benzene rings is 2. The fraction of sp³-hybridized carbons (Fsp3) is 0.393. The molecule has 194 valence electrons. The van der Waals surface area contributed by atoms with Crippen molar-refractivity contribution in [3.8, 4) is 17.0 Å². The third-order valence-electron chi connectivity index (χ3n) is 6.72. The summed E-state index contributed by atoms with van der Waals surface area (Å²) in [6, 6.07) is 14.3. The molecule has 0 unspecified atom stereocenters. The molecule has 2 aromatic carbocycles. The van der Waals surface area contributed by atoms with Crippen molar-refractivity contribution in [3.05, 3.63) is 55.1 Å². The van der Waals surface area contributed by atoms with Gasteiger partial charge in [-0.2, -0.15) is 5.10 Å². The first-order chi connectivity index (χ1) is 18.0. The number of carbonyl (C=O) groups excluding carboxylic acids is 1. The molecule has 1 amide bonds. The molecule has 2 heterocycles. The van der Waals surface area contributed by atoms with E-state index in [-0.39, 0.29) is 6.10 Å². The summed E-state index contributed by atoms with van der Waals surface area (Å²) in [5, 5.41) is 7.94. The molecule has 0 radical (unpaired) electrons. The summed E-state index contributed by atoms with van der Waals surface area (Å²) >= 11 is 0. The molecular formula is C28H34N6O3. The maximum atomic E-state index is 12.0. The van der Waals surface area contributed by atoms with Crippen LogP contribution in [0.5, 0.6) is 5.75 Å². The molecule has 1 aliphatic rings. The van der Waals surface area contributed by atoms with Crippen LogP contribution in [0.2, 0.25) is 0 Å². The summed E-state index contributed by atoms with van der Waals surface area (Å²) in [4.78, 5) is 15.9. The normalized spacial score (nSPS) is 13.6. The minimum absolute atomic E-state index is 0.175. The van der Waals surface area contributed by atoms with Gasteiger partial charge in [-0.15, -0.1) is 0 Å². The summed E-state index contributed by atoms with van der Waals surface area (Å²) in [6.07, 6.45) is 8.03. The second-order valence-electron chi connectivity index (χ2n) is 9.77. The molecule has 9 nitrogen and oxygen atoms in total. The van der Waals surface area contributed by atoms with Crippen molar-refractivity contribution < 1.29 is 14.3 Å². The number of amides is 1. The standard InChI is InChI=1S/C28H34N6O3/c1-19(2)37-28(35)32-21-10-8-20(9-11-21)27-26(29)24-13-12-23(16-25(24)34(27)22-6-5-7-22)36-15-4-3-14-33-18-30-17-31-33/h8-13,16-19,22H,3-7,14-15,29H2,1-2H3,(H,32,35). The highest BCUT2D eigenvalue weighted by molar-refractivity contribution is 6.01. The molecule has 0 atom stereocenters. The number of hydrogen-bond donors (Lipinski definition) is 2. The summed E-state index contributed by atoms with van der Waals surface area (Å²) < 4.78 is 15.5. The number of ether oxygens (including phenoxy) is 2. The molecule has 0 bridgehead atoms. The van der Waals surface area contributed by atoms with E-state index in [0.717, 1.165) is 65.8 Å². The number of aryl methyl sites for hydroxylation is 1.